The molecule has 0 amide bonds. The van der Waals surface area contributed by atoms with E-state index in [0.717, 1.165) is 0 Å². The van der Waals surface area contributed by atoms with Crippen molar-refractivity contribution in [1.82, 2.24) is 4.90 Å². The fraction of sp³-hybridized carbons (Fsp3) is 0.900. The van der Waals surface area contributed by atoms with Gasteiger partial charge in [0.2, 0.25) is 0 Å². The maximum atomic E-state index is 2.42. The summed E-state index contributed by atoms with van der Waals surface area (Å²) in [5.74, 6) is 1.71. The first-order chi connectivity index (χ1) is 5.06. The number of piperidine rings is 1. The van der Waals surface area contributed by atoms with Crippen molar-refractivity contribution in [3.63, 3.8) is 0 Å². The van der Waals surface area contributed by atoms with E-state index < -0.39 is 0 Å². The van der Waals surface area contributed by atoms with Crippen LogP contribution < -0.4 is 58.2 Å². The summed E-state index contributed by atoms with van der Waals surface area (Å²) >= 11 is 0. The molecule has 1 aliphatic heterocycles. The van der Waals surface area contributed by atoms with E-state index in [1.54, 1.807) is 5.92 Å². The second-order valence-electron chi connectivity index (χ2n) is 4.33. The first-order valence-electron chi connectivity index (χ1n) is 4.60. The van der Waals surface area contributed by atoms with Gasteiger partial charge in [0.1, 0.15) is 0 Å². The average molecular weight is 240 g/mol. The van der Waals surface area contributed by atoms with Crippen LogP contribution in [0.15, 0.2) is 0 Å². The van der Waals surface area contributed by atoms with Crippen molar-refractivity contribution >= 4 is 0 Å². The fourth-order valence-electron chi connectivity index (χ4n) is 1.86. The molecule has 2 heteroatoms. The molecule has 0 atom stereocenters. The molecule has 0 aliphatic carbocycles. The van der Waals surface area contributed by atoms with Crippen molar-refractivity contribution in [1.29, 1.82) is 0 Å². The monoisotopic (exact) mass is 239 g/mol. The molecule has 1 fully saturated rings. The summed E-state index contributed by atoms with van der Waals surface area (Å²) in [5, 5.41) is 0. The minimum absolute atomic E-state index is 0. The zero-order chi connectivity index (χ0) is 8.48. The predicted octanol–water partition coefficient (Wildman–Crippen LogP) is -0.663. The molecule has 1 nitrogen and oxygen atoms in total. The molecule has 0 aromatic rings. The Kier molecular flexibility index (Phi) is 6.42. The zero-order valence-corrected chi connectivity index (χ0v) is 14.2. The van der Waals surface area contributed by atoms with Crippen LogP contribution in [0.25, 0.3) is 0 Å². The summed E-state index contributed by atoms with van der Waals surface area (Å²) in [6.45, 7) is 9.49. The molecule has 0 N–H and O–H groups in total. The Morgan fingerprint density at radius 1 is 1.42 bits per heavy atom. The molecule has 0 radical (unpaired) electrons. The van der Waals surface area contributed by atoms with Crippen LogP contribution in [0.3, 0.4) is 0 Å². The zero-order valence-electron chi connectivity index (χ0n) is 9.28. The largest absolute Gasteiger partial charge is 1.00 e. The van der Waals surface area contributed by atoms with Gasteiger partial charge in [-0.3, -0.25) is 5.92 Å². The van der Waals surface area contributed by atoms with E-state index in [1.807, 2.05) is 0 Å². The molecule has 66 valence electrons. The third-order valence-corrected chi connectivity index (χ3v) is 2.96. The van der Waals surface area contributed by atoms with Crippen LogP contribution in [-0.4, -0.2) is 25.0 Å². The van der Waals surface area contributed by atoms with Gasteiger partial charge >= 0.3 is 58.2 Å². The van der Waals surface area contributed by atoms with Gasteiger partial charge in [-0.25, -0.2) is 0 Å². The van der Waals surface area contributed by atoms with E-state index >= 15 is 0 Å². The number of hydrogen-bond acceptors (Lipinski definition) is 1. The van der Waals surface area contributed by atoms with Crippen molar-refractivity contribution in [2.75, 3.05) is 20.1 Å². The van der Waals surface area contributed by atoms with Crippen molar-refractivity contribution in [2.24, 2.45) is 5.41 Å². The first kappa shape index (κ1) is 13.8. The minimum atomic E-state index is 0. The van der Waals surface area contributed by atoms with E-state index in [0.29, 0.717) is 5.41 Å². The van der Waals surface area contributed by atoms with Crippen LogP contribution in [0.2, 0.25) is 0 Å². The Hall–Kier alpha value is 1.77. The van der Waals surface area contributed by atoms with Gasteiger partial charge in [0, 0.05) is 0 Å². The Bertz CT molecular complexity index is 134. The molecule has 1 heterocycles. The Balaban J connectivity index is 0.00000121. The topological polar surface area (TPSA) is 3.24 Å². The second-order valence-corrected chi connectivity index (χ2v) is 4.33. The number of likely N-dealkylation sites (tertiary alicyclic amines) is 1. The maximum absolute atomic E-state index is 2.42. The molecule has 1 aliphatic rings. The van der Waals surface area contributed by atoms with Gasteiger partial charge in [-0.2, -0.15) is 11.8 Å². The number of rotatable bonds is 1. The predicted molar refractivity (Wildman–Crippen MR) is 49.4 cm³/mol. The molecule has 0 aromatic heterocycles. The molecule has 0 saturated carbocycles. The van der Waals surface area contributed by atoms with Crippen LogP contribution >= 0.6 is 0 Å². The van der Waals surface area contributed by atoms with Crippen LogP contribution in [0.1, 0.15) is 33.6 Å². The fourth-order valence-corrected chi connectivity index (χ4v) is 1.86. The third kappa shape index (κ3) is 3.49. The normalized spacial score (nSPS) is 25.0. The molecule has 0 bridgehead atoms. The molecule has 0 aromatic carbocycles. The van der Waals surface area contributed by atoms with E-state index in [9.17, 15) is 0 Å². The first-order valence-corrected chi connectivity index (χ1v) is 4.60. The van der Waals surface area contributed by atoms with Crippen molar-refractivity contribution in [3.8, 4) is 0 Å². The van der Waals surface area contributed by atoms with Gasteiger partial charge in [-0.1, -0.05) is 27.2 Å². The van der Waals surface area contributed by atoms with Crippen LogP contribution in [0, 0.1) is 11.3 Å². The van der Waals surface area contributed by atoms with Crippen LogP contribution in [0.5, 0.6) is 0 Å². The SMILES string of the molecule is CC[C-]1CN(C)CCC1(C)C.[Rb+]. The van der Waals surface area contributed by atoms with Crippen LogP contribution in [-0.2, 0) is 0 Å². The molecule has 12 heavy (non-hydrogen) atoms. The van der Waals surface area contributed by atoms with Gasteiger partial charge in [0.15, 0.2) is 0 Å². The molecule has 1 saturated heterocycles. The van der Waals surface area contributed by atoms with E-state index in [1.165, 1.54) is 25.9 Å². The molecule has 0 unspecified atom stereocenters. The third-order valence-electron chi connectivity index (χ3n) is 2.96. The summed E-state index contributed by atoms with van der Waals surface area (Å²) in [6.07, 6.45) is 2.57. The Morgan fingerprint density at radius 3 is 2.42 bits per heavy atom. The van der Waals surface area contributed by atoms with E-state index in [2.05, 4.69) is 32.7 Å². The smallest absolute Gasteiger partial charge is 0.336 e. The second kappa shape index (κ2) is 5.60. The van der Waals surface area contributed by atoms with Gasteiger partial charge in [-0.05, 0) is 13.6 Å². The summed E-state index contributed by atoms with van der Waals surface area (Å²) in [6, 6.07) is 0. The average Bonchev–Trinajstić information content (AvgIpc) is 1.94. The quantitative estimate of drug-likeness (QED) is 0.549. The summed E-state index contributed by atoms with van der Waals surface area (Å²) in [4.78, 5) is 2.42. The van der Waals surface area contributed by atoms with Gasteiger partial charge < -0.3 is 4.90 Å². The minimum Gasteiger partial charge on any atom is -0.336 e. The standard InChI is InChI=1S/C10H20N.Rb/c1-5-9-8-11(4)7-6-10(9,2)3;/h5-8H2,1-4H3;/q-1;+1. The Labute approximate surface area is 126 Å². The van der Waals surface area contributed by atoms with E-state index in [4.69, 9.17) is 0 Å². The number of hydrogen-bond donors (Lipinski definition) is 0. The van der Waals surface area contributed by atoms with Gasteiger partial charge in [0.05, 0.1) is 0 Å². The number of nitrogens with zero attached hydrogens (tertiary/aromatic N) is 1. The molecule has 0 spiro atoms. The summed E-state index contributed by atoms with van der Waals surface area (Å²) in [5.41, 5.74) is 0.501. The molecule has 1 rings (SSSR count). The summed E-state index contributed by atoms with van der Waals surface area (Å²) < 4.78 is 0. The maximum Gasteiger partial charge on any atom is 1.00 e. The van der Waals surface area contributed by atoms with Crippen molar-refractivity contribution in [3.05, 3.63) is 5.92 Å². The van der Waals surface area contributed by atoms with E-state index in [-0.39, 0.29) is 58.2 Å². The molecular weight excluding hydrogens is 220 g/mol. The molecular formula is C10H20NRb. The summed E-state index contributed by atoms with van der Waals surface area (Å²) in [7, 11) is 2.21. The van der Waals surface area contributed by atoms with Gasteiger partial charge in [-0.15, -0.1) is 6.54 Å². The van der Waals surface area contributed by atoms with Crippen molar-refractivity contribution < 1.29 is 58.2 Å². The Morgan fingerprint density at radius 2 is 2.00 bits per heavy atom. The van der Waals surface area contributed by atoms with Crippen molar-refractivity contribution in [2.45, 2.75) is 33.6 Å². The van der Waals surface area contributed by atoms with Gasteiger partial charge in [0.25, 0.3) is 0 Å². The van der Waals surface area contributed by atoms with Crippen LogP contribution in [0.4, 0.5) is 0 Å².